The average Bonchev–Trinajstić information content (AvgIpc) is 3.02. The summed E-state index contributed by atoms with van der Waals surface area (Å²) in [5, 5.41) is 3.09. The van der Waals surface area contributed by atoms with E-state index in [1.54, 1.807) is 13.0 Å². The van der Waals surface area contributed by atoms with Crippen LogP contribution in [0.1, 0.15) is 37.7 Å². The highest BCUT2D eigenvalue weighted by Crippen LogP contribution is 2.29. The molecule has 0 spiro atoms. The minimum absolute atomic E-state index is 0.0751. The van der Waals surface area contributed by atoms with Crippen molar-refractivity contribution in [1.82, 2.24) is 4.90 Å². The van der Waals surface area contributed by atoms with Crippen LogP contribution in [-0.2, 0) is 9.59 Å². The smallest absolute Gasteiger partial charge is 0.252 e. The molecular weight excluding hydrogens is 271 g/mol. The number of imide groups is 1. The first kappa shape index (κ1) is 14.0. The SMILES string of the molecule is Cc1cc(F)ccc1NC1CC(=O)N(C2CCCC2)C1=O. The Morgan fingerprint density at radius 3 is 2.62 bits per heavy atom. The van der Waals surface area contributed by atoms with Crippen LogP contribution in [0.3, 0.4) is 0 Å². The van der Waals surface area contributed by atoms with Crippen molar-refractivity contribution in [1.29, 1.82) is 0 Å². The van der Waals surface area contributed by atoms with Crippen LogP contribution in [-0.4, -0.2) is 28.8 Å². The fraction of sp³-hybridized carbons (Fsp3) is 0.500. The standard InChI is InChI=1S/C16H19FN2O2/c1-10-8-11(17)6-7-13(10)18-14-9-15(20)19(16(14)21)12-4-2-3-5-12/h6-8,12,14,18H,2-5,9H2,1H3. The lowest BCUT2D eigenvalue weighted by atomic mass is 10.1. The number of carbonyl (C=O) groups is 2. The van der Waals surface area contributed by atoms with Crippen LogP contribution in [0.5, 0.6) is 0 Å². The van der Waals surface area contributed by atoms with Gasteiger partial charge in [0.2, 0.25) is 5.91 Å². The third-order valence-corrected chi connectivity index (χ3v) is 4.39. The van der Waals surface area contributed by atoms with Crippen molar-refractivity contribution >= 4 is 17.5 Å². The lowest BCUT2D eigenvalue weighted by Crippen LogP contribution is -2.41. The van der Waals surface area contributed by atoms with Gasteiger partial charge in [-0.2, -0.15) is 0 Å². The quantitative estimate of drug-likeness (QED) is 0.871. The van der Waals surface area contributed by atoms with Crippen molar-refractivity contribution in [3.8, 4) is 0 Å². The second-order valence-corrected chi connectivity index (χ2v) is 5.90. The van der Waals surface area contributed by atoms with E-state index < -0.39 is 6.04 Å². The number of carbonyl (C=O) groups excluding carboxylic acids is 2. The second-order valence-electron chi connectivity index (χ2n) is 5.90. The van der Waals surface area contributed by atoms with Crippen LogP contribution in [0.15, 0.2) is 18.2 Å². The summed E-state index contributed by atoms with van der Waals surface area (Å²) in [5.74, 6) is -0.542. The first-order valence-electron chi connectivity index (χ1n) is 7.45. The van der Waals surface area contributed by atoms with Crippen LogP contribution < -0.4 is 5.32 Å². The third kappa shape index (κ3) is 2.64. The van der Waals surface area contributed by atoms with Gasteiger partial charge in [0.15, 0.2) is 0 Å². The van der Waals surface area contributed by atoms with Crippen molar-refractivity contribution in [2.45, 2.75) is 51.1 Å². The Bertz CT molecular complexity index is 582. The molecule has 1 aliphatic heterocycles. The summed E-state index contributed by atoms with van der Waals surface area (Å²) in [6, 6.07) is 3.93. The molecule has 1 aliphatic carbocycles. The van der Waals surface area contributed by atoms with Crippen molar-refractivity contribution in [2.24, 2.45) is 0 Å². The molecule has 21 heavy (non-hydrogen) atoms. The Morgan fingerprint density at radius 2 is 1.95 bits per heavy atom. The second kappa shape index (κ2) is 5.47. The van der Waals surface area contributed by atoms with E-state index in [4.69, 9.17) is 0 Å². The molecule has 4 nitrogen and oxygen atoms in total. The monoisotopic (exact) mass is 290 g/mol. The predicted octanol–water partition coefficient (Wildman–Crippen LogP) is 2.62. The fourth-order valence-corrected chi connectivity index (χ4v) is 3.29. The van der Waals surface area contributed by atoms with Gasteiger partial charge >= 0.3 is 0 Å². The zero-order valence-electron chi connectivity index (χ0n) is 12.1. The number of halogens is 1. The lowest BCUT2D eigenvalue weighted by molar-refractivity contribution is -0.141. The van der Waals surface area contributed by atoms with E-state index in [-0.39, 0.29) is 30.1 Å². The van der Waals surface area contributed by atoms with Gasteiger partial charge in [-0.15, -0.1) is 0 Å². The maximum atomic E-state index is 13.1. The van der Waals surface area contributed by atoms with Gasteiger partial charge in [0.05, 0.1) is 6.42 Å². The Balaban J connectivity index is 1.75. The zero-order chi connectivity index (χ0) is 15.0. The first-order chi connectivity index (χ1) is 10.1. The highest BCUT2D eigenvalue weighted by molar-refractivity contribution is 6.07. The maximum absolute atomic E-state index is 13.1. The average molecular weight is 290 g/mol. The number of anilines is 1. The van der Waals surface area contributed by atoms with Crippen molar-refractivity contribution in [2.75, 3.05) is 5.32 Å². The van der Waals surface area contributed by atoms with Crippen LogP contribution in [0.25, 0.3) is 0 Å². The van der Waals surface area contributed by atoms with Crippen LogP contribution in [0.2, 0.25) is 0 Å². The number of nitrogens with zero attached hydrogens (tertiary/aromatic N) is 1. The van der Waals surface area contributed by atoms with Gasteiger partial charge in [-0.05, 0) is 43.5 Å². The molecule has 1 aromatic rings. The summed E-state index contributed by atoms with van der Waals surface area (Å²) in [6.07, 6.45) is 4.18. The molecular formula is C16H19FN2O2. The summed E-state index contributed by atoms with van der Waals surface area (Å²) < 4.78 is 13.1. The highest BCUT2D eigenvalue weighted by Gasteiger charge is 2.43. The van der Waals surface area contributed by atoms with E-state index in [1.165, 1.54) is 17.0 Å². The molecule has 2 fully saturated rings. The van der Waals surface area contributed by atoms with Gasteiger partial charge in [-0.1, -0.05) is 12.8 Å². The van der Waals surface area contributed by atoms with Crippen LogP contribution in [0.4, 0.5) is 10.1 Å². The van der Waals surface area contributed by atoms with E-state index in [9.17, 15) is 14.0 Å². The van der Waals surface area contributed by atoms with Gasteiger partial charge in [0.25, 0.3) is 5.91 Å². The number of benzene rings is 1. The van der Waals surface area contributed by atoms with E-state index in [1.807, 2.05) is 0 Å². The number of hydrogen-bond acceptors (Lipinski definition) is 3. The largest absolute Gasteiger partial charge is 0.373 e. The summed E-state index contributed by atoms with van der Waals surface area (Å²) >= 11 is 0. The normalized spacial score (nSPS) is 23.1. The molecule has 1 saturated carbocycles. The number of amides is 2. The number of hydrogen-bond donors (Lipinski definition) is 1. The minimum Gasteiger partial charge on any atom is -0.373 e. The predicted molar refractivity (Wildman–Crippen MR) is 77.3 cm³/mol. The van der Waals surface area contributed by atoms with Gasteiger partial charge in [-0.3, -0.25) is 14.5 Å². The Morgan fingerprint density at radius 1 is 1.24 bits per heavy atom. The molecule has 2 aliphatic rings. The molecule has 112 valence electrons. The fourth-order valence-electron chi connectivity index (χ4n) is 3.29. The van der Waals surface area contributed by atoms with Crippen molar-refractivity contribution in [3.63, 3.8) is 0 Å². The van der Waals surface area contributed by atoms with E-state index in [2.05, 4.69) is 5.32 Å². The molecule has 0 aromatic heterocycles. The molecule has 1 saturated heterocycles. The number of nitrogens with one attached hydrogen (secondary N) is 1. The molecule has 0 radical (unpaired) electrons. The summed E-state index contributed by atoms with van der Waals surface area (Å²) in [4.78, 5) is 26.0. The molecule has 1 N–H and O–H groups in total. The molecule has 1 aromatic carbocycles. The number of likely N-dealkylation sites (tertiary alicyclic amines) is 1. The molecule has 0 bridgehead atoms. The van der Waals surface area contributed by atoms with E-state index >= 15 is 0 Å². The molecule has 5 heteroatoms. The Kier molecular flexibility index (Phi) is 3.66. The molecule has 1 atom stereocenters. The molecule has 1 heterocycles. The van der Waals surface area contributed by atoms with Gasteiger partial charge in [0, 0.05) is 11.7 Å². The van der Waals surface area contributed by atoms with E-state index in [0.717, 1.165) is 31.2 Å². The van der Waals surface area contributed by atoms with E-state index in [0.29, 0.717) is 5.69 Å². The summed E-state index contributed by atoms with van der Waals surface area (Å²) in [6.45, 7) is 1.78. The molecule has 3 rings (SSSR count). The first-order valence-corrected chi connectivity index (χ1v) is 7.45. The van der Waals surface area contributed by atoms with Crippen LogP contribution in [0, 0.1) is 12.7 Å². The maximum Gasteiger partial charge on any atom is 0.252 e. The number of aryl methyl sites for hydroxylation is 1. The summed E-state index contributed by atoms with van der Waals surface area (Å²) in [5.41, 5.74) is 1.44. The highest BCUT2D eigenvalue weighted by atomic mass is 19.1. The number of rotatable bonds is 3. The van der Waals surface area contributed by atoms with Gasteiger partial charge in [0.1, 0.15) is 11.9 Å². The third-order valence-electron chi connectivity index (χ3n) is 4.39. The zero-order valence-corrected chi connectivity index (χ0v) is 12.1. The topological polar surface area (TPSA) is 49.4 Å². The van der Waals surface area contributed by atoms with Crippen molar-refractivity contribution < 1.29 is 14.0 Å². The van der Waals surface area contributed by atoms with Crippen LogP contribution >= 0.6 is 0 Å². The van der Waals surface area contributed by atoms with Crippen molar-refractivity contribution in [3.05, 3.63) is 29.6 Å². The summed E-state index contributed by atoms with van der Waals surface area (Å²) in [7, 11) is 0. The minimum atomic E-state index is -0.526. The molecule has 2 amide bonds. The van der Waals surface area contributed by atoms with Gasteiger partial charge in [-0.25, -0.2) is 4.39 Å². The lowest BCUT2D eigenvalue weighted by Gasteiger charge is -2.22. The Labute approximate surface area is 123 Å². The Hall–Kier alpha value is -1.91. The molecule has 1 unspecified atom stereocenters. The van der Waals surface area contributed by atoms with Gasteiger partial charge < -0.3 is 5.32 Å².